The molecule has 0 fully saturated rings. The Bertz CT molecular complexity index is 650. The van der Waals surface area contributed by atoms with Crippen molar-refractivity contribution in [2.24, 2.45) is 0 Å². The molecule has 3 N–H and O–H groups in total. The SMILES string of the molecule is Cc1cccc(CNc2ccc(C(=O)N(C)C)cc2N)c1. The number of carbonyl (C=O) groups excluding carboxylic acids is 1. The highest BCUT2D eigenvalue weighted by atomic mass is 16.2. The van der Waals surface area contributed by atoms with Crippen LogP contribution in [0.2, 0.25) is 0 Å². The van der Waals surface area contributed by atoms with E-state index in [0.717, 1.165) is 5.69 Å². The number of rotatable bonds is 4. The highest BCUT2D eigenvalue weighted by Gasteiger charge is 2.09. The lowest BCUT2D eigenvalue weighted by atomic mass is 10.1. The molecule has 21 heavy (non-hydrogen) atoms. The summed E-state index contributed by atoms with van der Waals surface area (Å²) in [7, 11) is 3.45. The van der Waals surface area contributed by atoms with Crippen LogP contribution in [0.1, 0.15) is 21.5 Å². The topological polar surface area (TPSA) is 58.4 Å². The van der Waals surface area contributed by atoms with E-state index < -0.39 is 0 Å². The normalized spacial score (nSPS) is 10.2. The molecule has 0 atom stereocenters. The van der Waals surface area contributed by atoms with Crippen molar-refractivity contribution in [3.8, 4) is 0 Å². The second-order valence-corrected chi connectivity index (χ2v) is 5.34. The van der Waals surface area contributed by atoms with Crippen LogP contribution in [0.25, 0.3) is 0 Å². The Labute approximate surface area is 125 Å². The van der Waals surface area contributed by atoms with E-state index in [1.54, 1.807) is 26.2 Å². The predicted molar refractivity (Wildman–Crippen MR) is 87.4 cm³/mol. The van der Waals surface area contributed by atoms with Gasteiger partial charge in [0.25, 0.3) is 5.91 Å². The monoisotopic (exact) mass is 283 g/mol. The molecule has 0 aliphatic heterocycles. The van der Waals surface area contributed by atoms with Crippen molar-refractivity contribution in [2.75, 3.05) is 25.1 Å². The second-order valence-electron chi connectivity index (χ2n) is 5.34. The molecular formula is C17H21N3O. The molecule has 4 nitrogen and oxygen atoms in total. The number of hydrogen-bond donors (Lipinski definition) is 2. The van der Waals surface area contributed by atoms with E-state index in [1.807, 2.05) is 12.1 Å². The van der Waals surface area contributed by atoms with Gasteiger partial charge >= 0.3 is 0 Å². The summed E-state index contributed by atoms with van der Waals surface area (Å²) in [5, 5.41) is 3.30. The minimum atomic E-state index is -0.0491. The first kappa shape index (κ1) is 14.9. The molecule has 0 aliphatic carbocycles. The average molecular weight is 283 g/mol. The summed E-state index contributed by atoms with van der Waals surface area (Å²) in [4.78, 5) is 13.4. The molecule has 110 valence electrons. The molecule has 0 saturated heterocycles. The molecule has 2 rings (SSSR count). The number of nitrogens with one attached hydrogen (secondary N) is 1. The zero-order chi connectivity index (χ0) is 15.4. The molecule has 0 unspecified atom stereocenters. The zero-order valence-corrected chi connectivity index (χ0v) is 12.7. The number of anilines is 2. The fourth-order valence-corrected chi connectivity index (χ4v) is 2.13. The van der Waals surface area contributed by atoms with Gasteiger partial charge in [-0.1, -0.05) is 29.8 Å². The Morgan fingerprint density at radius 2 is 1.95 bits per heavy atom. The van der Waals surface area contributed by atoms with E-state index in [1.165, 1.54) is 16.0 Å². The van der Waals surface area contributed by atoms with Crippen LogP contribution in [0, 0.1) is 6.92 Å². The van der Waals surface area contributed by atoms with Gasteiger partial charge in [0.05, 0.1) is 11.4 Å². The molecule has 4 heteroatoms. The quantitative estimate of drug-likeness (QED) is 0.848. The van der Waals surface area contributed by atoms with Crippen LogP contribution in [-0.4, -0.2) is 24.9 Å². The Kier molecular flexibility index (Phi) is 4.48. The Morgan fingerprint density at radius 3 is 2.57 bits per heavy atom. The van der Waals surface area contributed by atoms with Gasteiger partial charge in [0, 0.05) is 26.2 Å². The van der Waals surface area contributed by atoms with Gasteiger partial charge in [0.1, 0.15) is 0 Å². The van der Waals surface area contributed by atoms with E-state index in [4.69, 9.17) is 5.73 Å². The fourth-order valence-electron chi connectivity index (χ4n) is 2.13. The molecule has 0 aliphatic rings. The van der Waals surface area contributed by atoms with Gasteiger partial charge in [-0.15, -0.1) is 0 Å². The van der Waals surface area contributed by atoms with Crippen LogP contribution >= 0.6 is 0 Å². The van der Waals surface area contributed by atoms with Gasteiger partial charge in [-0.05, 0) is 30.7 Å². The molecule has 0 radical (unpaired) electrons. The van der Waals surface area contributed by atoms with E-state index in [9.17, 15) is 4.79 Å². The van der Waals surface area contributed by atoms with E-state index in [2.05, 4.69) is 30.4 Å². The van der Waals surface area contributed by atoms with Crippen LogP contribution in [0.5, 0.6) is 0 Å². The van der Waals surface area contributed by atoms with Crippen molar-refractivity contribution in [3.05, 3.63) is 59.2 Å². The zero-order valence-electron chi connectivity index (χ0n) is 12.7. The molecule has 0 spiro atoms. The number of aryl methyl sites for hydroxylation is 1. The third-order valence-electron chi connectivity index (χ3n) is 3.27. The van der Waals surface area contributed by atoms with Crippen molar-refractivity contribution >= 4 is 17.3 Å². The highest BCUT2D eigenvalue weighted by molar-refractivity contribution is 5.95. The smallest absolute Gasteiger partial charge is 0.253 e. The third-order valence-corrected chi connectivity index (χ3v) is 3.27. The van der Waals surface area contributed by atoms with Gasteiger partial charge in [0.2, 0.25) is 0 Å². The summed E-state index contributed by atoms with van der Waals surface area (Å²) in [6.45, 7) is 2.77. The maximum Gasteiger partial charge on any atom is 0.253 e. The van der Waals surface area contributed by atoms with Gasteiger partial charge in [-0.25, -0.2) is 0 Å². The Hall–Kier alpha value is -2.49. The van der Waals surface area contributed by atoms with E-state index >= 15 is 0 Å². The maximum atomic E-state index is 11.9. The summed E-state index contributed by atoms with van der Waals surface area (Å²) in [5.41, 5.74) is 10.5. The first-order chi connectivity index (χ1) is 9.97. The van der Waals surface area contributed by atoms with Crippen molar-refractivity contribution in [3.63, 3.8) is 0 Å². The molecular weight excluding hydrogens is 262 g/mol. The Morgan fingerprint density at radius 1 is 1.19 bits per heavy atom. The summed E-state index contributed by atoms with van der Waals surface area (Å²) in [6.07, 6.45) is 0. The minimum absolute atomic E-state index is 0.0491. The number of nitrogens with zero attached hydrogens (tertiary/aromatic N) is 1. The molecule has 1 amide bonds. The second kappa shape index (κ2) is 6.31. The molecule has 2 aromatic rings. The van der Waals surface area contributed by atoms with Crippen LogP contribution in [0.4, 0.5) is 11.4 Å². The van der Waals surface area contributed by atoms with Crippen molar-refractivity contribution < 1.29 is 4.79 Å². The standard InChI is InChI=1S/C17H21N3O/c1-12-5-4-6-13(9-12)11-19-16-8-7-14(10-15(16)18)17(21)20(2)3/h4-10,19H,11,18H2,1-3H3. The summed E-state index contributed by atoms with van der Waals surface area (Å²) in [5.74, 6) is -0.0491. The van der Waals surface area contributed by atoms with Crippen molar-refractivity contribution in [2.45, 2.75) is 13.5 Å². The van der Waals surface area contributed by atoms with Crippen LogP contribution in [0.3, 0.4) is 0 Å². The highest BCUT2D eigenvalue weighted by Crippen LogP contribution is 2.21. The molecule has 0 saturated carbocycles. The predicted octanol–water partition coefficient (Wildman–Crippen LogP) is 2.89. The number of hydrogen-bond acceptors (Lipinski definition) is 3. The number of nitrogen functional groups attached to an aromatic ring is 1. The van der Waals surface area contributed by atoms with Crippen LogP contribution in [0.15, 0.2) is 42.5 Å². The molecule has 0 bridgehead atoms. The van der Waals surface area contributed by atoms with Crippen molar-refractivity contribution in [1.29, 1.82) is 0 Å². The molecule has 2 aromatic carbocycles. The number of carbonyl (C=O) groups is 1. The largest absolute Gasteiger partial charge is 0.397 e. The van der Waals surface area contributed by atoms with E-state index in [-0.39, 0.29) is 5.91 Å². The summed E-state index contributed by atoms with van der Waals surface area (Å²) >= 11 is 0. The lowest BCUT2D eigenvalue weighted by Gasteiger charge is -2.13. The van der Waals surface area contributed by atoms with Gasteiger partial charge in [0.15, 0.2) is 0 Å². The van der Waals surface area contributed by atoms with Crippen LogP contribution < -0.4 is 11.1 Å². The number of nitrogens with two attached hydrogens (primary N) is 1. The lowest BCUT2D eigenvalue weighted by Crippen LogP contribution is -2.21. The first-order valence-electron chi connectivity index (χ1n) is 6.88. The number of benzene rings is 2. The maximum absolute atomic E-state index is 11.9. The van der Waals surface area contributed by atoms with E-state index in [0.29, 0.717) is 17.8 Å². The fraction of sp³-hybridized carbons (Fsp3) is 0.235. The average Bonchev–Trinajstić information content (AvgIpc) is 2.45. The van der Waals surface area contributed by atoms with Gasteiger partial charge in [-0.2, -0.15) is 0 Å². The lowest BCUT2D eigenvalue weighted by molar-refractivity contribution is 0.0827. The van der Waals surface area contributed by atoms with Crippen molar-refractivity contribution in [1.82, 2.24) is 4.90 Å². The summed E-state index contributed by atoms with van der Waals surface area (Å²) < 4.78 is 0. The van der Waals surface area contributed by atoms with Gasteiger partial charge < -0.3 is 16.0 Å². The third kappa shape index (κ3) is 3.75. The minimum Gasteiger partial charge on any atom is -0.397 e. The summed E-state index contributed by atoms with van der Waals surface area (Å²) in [6, 6.07) is 13.7. The molecule has 0 heterocycles. The first-order valence-corrected chi connectivity index (χ1v) is 6.88. The molecule has 0 aromatic heterocycles. The van der Waals surface area contributed by atoms with Gasteiger partial charge in [-0.3, -0.25) is 4.79 Å². The number of amides is 1. The Balaban J connectivity index is 2.09. The van der Waals surface area contributed by atoms with Crippen LogP contribution in [-0.2, 0) is 6.54 Å².